The number of benzene rings is 2. The van der Waals surface area contributed by atoms with Crippen LogP contribution in [-0.4, -0.2) is 11.1 Å². The Morgan fingerprint density at radius 1 is 0.941 bits per heavy atom. The summed E-state index contributed by atoms with van der Waals surface area (Å²) in [5.74, 6) is 0. The highest BCUT2D eigenvalue weighted by Gasteiger charge is 2.12. The molecule has 1 N–H and O–H groups in total. The Bertz CT molecular complexity index is 509. The first kappa shape index (κ1) is 12.0. The summed E-state index contributed by atoms with van der Waals surface area (Å²) in [7, 11) is -2.06. The average molecular weight is 245 g/mol. The van der Waals surface area contributed by atoms with Crippen LogP contribution in [0.15, 0.2) is 54.6 Å². The first-order valence-electron chi connectivity index (χ1n) is 5.54. The molecular weight excluding hydrogens is 231 g/mol. The fourth-order valence-corrected chi connectivity index (χ4v) is 2.29. The van der Waals surface area contributed by atoms with Gasteiger partial charge in [0.05, 0.1) is 0 Å². The average Bonchev–Trinajstić information content (AvgIpc) is 2.38. The van der Waals surface area contributed by atoms with Crippen LogP contribution in [0.2, 0.25) is 0 Å². The lowest BCUT2D eigenvalue weighted by Gasteiger charge is -2.07. The Morgan fingerprint density at radius 3 is 2.29 bits per heavy atom. The van der Waals surface area contributed by atoms with Gasteiger partial charge in [-0.15, -0.1) is 0 Å². The molecule has 0 aromatic heterocycles. The molecular formula is C14H14O2P+. The van der Waals surface area contributed by atoms with Crippen LogP contribution in [0.5, 0.6) is 0 Å². The van der Waals surface area contributed by atoms with Crippen LogP contribution >= 0.6 is 8.03 Å². The molecule has 0 saturated heterocycles. The lowest BCUT2D eigenvalue weighted by molar-refractivity contribution is 0.502. The maximum absolute atomic E-state index is 10.8. The molecule has 3 heteroatoms. The minimum Gasteiger partial charge on any atom is -0.161 e. The van der Waals surface area contributed by atoms with E-state index in [0.29, 0.717) is 12.6 Å². The molecule has 0 aliphatic rings. The summed E-state index contributed by atoms with van der Waals surface area (Å²) in [4.78, 5) is 8.88. The van der Waals surface area contributed by atoms with Crippen molar-refractivity contribution in [3.63, 3.8) is 0 Å². The second kappa shape index (κ2) is 5.72. The monoisotopic (exact) mass is 245 g/mol. The van der Waals surface area contributed by atoms with Gasteiger partial charge in [-0.1, -0.05) is 54.6 Å². The van der Waals surface area contributed by atoms with E-state index in [-0.39, 0.29) is 0 Å². The number of aryl methyl sites for hydroxylation is 1. The van der Waals surface area contributed by atoms with Crippen molar-refractivity contribution in [2.45, 2.75) is 6.42 Å². The second-order valence-electron chi connectivity index (χ2n) is 3.85. The molecule has 1 unspecified atom stereocenters. The summed E-state index contributed by atoms with van der Waals surface area (Å²) in [6, 6.07) is 18.1. The van der Waals surface area contributed by atoms with Gasteiger partial charge < -0.3 is 0 Å². The molecule has 0 aliphatic carbocycles. The van der Waals surface area contributed by atoms with Crippen LogP contribution in [0.3, 0.4) is 0 Å². The van der Waals surface area contributed by atoms with E-state index in [9.17, 15) is 4.57 Å². The highest BCUT2D eigenvalue weighted by molar-refractivity contribution is 7.37. The van der Waals surface area contributed by atoms with E-state index >= 15 is 0 Å². The normalized spacial score (nSPS) is 11.2. The summed E-state index contributed by atoms with van der Waals surface area (Å²) in [5.41, 5.74) is 3.41. The van der Waals surface area contributed by atoms with Crippen molar-refractivity contribution in [1.29, 1.82) is 0 Å². The first-order chi connectivity index (χ1) is 8.27. The van der Waals surface area contributed by atoms with Gasteiger partial charge in [-0.3, -0.25) is 0 Å². The van der Waals surface area contributed by atoms with Gasteiger partial charge in [0.2, 0.25) is 0 Å². The molecule has 2 aromatic carbocycles. The third kappa shape index (κ3) is 3.23. The molecule has 17 heavy (non-hydrogen) atoms. The van der Waals surface area contributed by atoms with E-state index in [2.05, 4.69) is 18.2 Å². The Hall–Kier alpha value is -1.50. The number of hydrogen-bond donors (Lipinski definition) is 1. The van der Waals surface area contributed by atoms with Gasteiger partial charge in [-0.05, 0) is 21.3 Å². The molecule has 2 aromatic rings. The van der Waals surface area contributed by atoms with Crippen LogP contribution in [0.4, 0.5) is 0 Å². The Balaban J connectivity index is 2.31. The molecule has 0 amide bonds. The Morgan fingerprint density at radius 2 is 1.59 bits per heavy atom. The molecule has 86 valence electrons. The minimum atomic E-state index is -2.06. The van der Waals surface area contributed by atoms with Gasteiger partial charge in [-0.2, -0.15) is 4.89 Å². The van der Waals surface area contributed by atoms with Crippen LogP contribution in [0.1, 0.15) is 5.56 Å². The maximum Gasteiger partial charge on any atom is 0.505 e. The molecule has 0 saturated carbocycles. The standard InChI is InChI=1S/C14H13O2P/c15-17(16)11-10-13-8-4-5-9-14(13)12-6-2-1-3-7-12/h1-9H,10-11H2/p+1. The van der Waals surface area contributed by atoms with Gasteiger partial charge in [0.1, 0.15) is 0 Å². The Labute approximate surface area is 102 Å². The molecule has 0 radical (unpaired) electrons. The predicted octanol–water partition coefficient (Wildman–Crippen LogP) is 3.63. The van der Waals surface area contributed by atoms with Crippen molar-refractivity contribution >= 4 is 8.03 Å². The third-order valence-corrected chi connectivity index (χ3v) is 3.28. The van der Waals surface area contributed by atoms with E-state index in [1.165, 1.54) is 0 Å². The zero-order valence-electron chi connectivity index (χ0n) is 9.41. The van der Waals surface area contributed by atoms with E-state index in [1.807, 2.05) is 36.4 Å². The van der Waals surface area contributed by atoms with Gasteiger partial charge in [0.25, 0.3) is 0 Å². The van der Waals surface area contributed by atoms with Gasteiger partial charge >= 0.3 is 8.03 Å². The summed E-state index contributed by atoms with van der Waals surface area (Å²) in [5, 5.41) is 0. The van der Waals surface area contributed by atoms with E-state index in [0.717, 1.165) is 16.7 Å². The van der Waals surface area contributed by atoms with Crippen LogP contribution in [0, 0.1) is 0 Å². The lowest BCUT2D eigenvalue weighted by atomic mass is 9.98. The zero-order chi connectivity index (χ0) is 12.1. The molecule has 1 atom stereocenters. The van der Waals surface area contributed by atoms with Crippen molar-refractivity contribution in [3.8, 4) is 11.1 Å². The van der Waals surface area contributed by atoms with Crippen molar-refractivity contribution in [1.82, 2.24) is 0 Å². The fourth-order valence-electron chi connectivity index (χ4n) is 1.85. The third-order valence-electron chi connectivity index (χ3n) is 2.67. The van der Waals surface area contributed by atoms with Crippen LogP contribution in [0.25, 0.3) is 11.1 Å². The quantitative estimate of drug-likeness (QED) is 0.835. The van der Waals surface area contributed by atoms with Gasteiger partial charge in [0.15, 0.2) is 6.16 Å². The van der Waals surface area contributed by atoms with Crippen LogP contribution in [-0.2, 0) is 11.0 Å². The van der Waals surface area contributed by atoms with E-state index < -0.39 is 8.03 Å². The molecule has 2 nitrogen and oxygen atoms in total. The number of rotatable bonds is 4. The van der Waals surface area contributed by atoms with E-state index in [4.69, 9.17) is 4.89 Å². The highest BCUT2D eigenvalue weighted by Crippen LogP contribution is 2.25. The molecule has 0 fully saturated rings. The lowest BCUT2D eigenvalue weighted by Crippen LogP contribution is -1.92. The minimum absolute atomic E-state index is 0.319. The molecule has 2 rings (SSSR count). The highest BCUT2D eigenvalue weighted by atomic mass is 31.1. The number of hydrogen-bond acceptors (Lipinski definition) is 1. The zero-order valence-corrected chi connectivity index (χ0v) is 10.3. The molecule has 0 spiro atoms. The largest absolute Gasteiger partial charge is 0.505 e. The van der Waals surface area contributed by atoms with Crippen LogP contribution < -0.4 is 0 Å². The van der Waals surface area contributed by atoms with Gasteiger partial charge in [-0.25, -0.2) is 0 Å². The van der Waals surface area contributed by atoms with Crippen molar-refractivity contribution < 1.29 is 9.46 Å². The molecule has 0 heterocycles. The van der Waals surface area contributed by atoms with Crippen molar-refractivity contribution in [2.24, 2.45) is 0 Å². The molecule has 0 aliphatic heterocycles. The fraction of sp³-hybridized carbons (Fsp3) is 0.143. The smallest absolute Gasteiger partial charge is 0.161 e. The van der Waals surface area contributed by atoms with E-state index in [1.54, 1.807) is 0 Å². The van der Waals surface area contributed by atoms with Crippen molar-refractivity contribution in [2.75, 3.05) is 6.16 Å². The predicted molar refractivity (Wildman–Crippen MR) is 70.3 cm³/mol. The second-order valence-corrected chi connectivity index (χ2v) is 5.00. The summed E-state index contributed by atoms with van der Waals surface area (Å²) >= 11 is 0. The topological polar surface area (TPSA) is 37.3 Å². The molecule has 0 bridgehead atoms. The van der Waals surface area contributed by atoms with Crippen molar-refractivity contribution in [3.05, 3.63) is 60.2 Å². The summed E-state index contributed by atoms with van der Waals surface area (Å²) in [6.45, 7) is 0. The van der Waals surface area contributed by atoms with Gasteiger partial charge in [0, 0.05) is 6.42 Å². The summed E-state index contributed by atoms with van der Waals surface area (Å²) in [6.07, 6.45) is 0.954. The maximum atomic E-state index is 10.8. The summed E-state index contributed by atoms with van der Waals surface area (Å²) < 4.78 is 10.8. The SMILES string of the molecule is O=[P+](O)CCc1ccccc1-c1ccccc1. The Kier molecular flexibility index (Phi) is 4.03. The first-order valence-corrected chi connectivity index (χ1v) is 6.94.